The van der Waals surface area contributed by atoms with E-state index in [9.17, 15) is 23.5 Å². The van der Waals surface area contributed by atoms with E-state index < -0.39 is 36.1 Å². The lowest BCUT2D eigenvalue weighted by atomic mass is 9.93. The second kappa shape index (κ2) is 13.1. The molecule has 3 aromatic rings. The molecule has 0 saturated carbocycles. The molecule has 0 radical (unpaired) electrons. The third kappa shape index (κ3) is 7.56. The SMILES string of the molecule is O=C(NCC(F)F)C(Cc1ccc(/C=C/c2ccc(CN3CCOCC3)cc2)cc1)c1nc[nH]c(=O)c1O. The van der Waals surface area contributed by atoms with Crippen molar-refractivity contribution in [2.24, 2.45) is 0 Å². The zero-order chi connectivity index (χ0) is 26.9. The van der Waals surface area contributed by atoms with Crippen LogP contribution < -0.4 is 10.9 Å². The van der Waals surface area contributed by atoms with Crippen LogP contribution in [0.1, 0.15) is 33.9 Å². The highest BCUT2D eigenvalue weighted by Gasteiger charge is 2.27. The summed E-state index contributed by atoms with van der Waals surface area (Å²) in [5.41, 5.74) is 2.99. The number of H-pyrrole nitrogens is 1. The summed E-state index contributed by atoms with van der Waals surface area (Å²) in [6.45, 7) is 3.51. The van der Waals surface area contributed by atoms with Gasteiger partial charge >= 0.3 is 0 Å². The predicted octanol–water partition coefficient (Wildman–Crippen LogP) is 3.19. The van der Waals surface area contributed by atoms with Crippen molar-refractivity contribution < 1.29 is 23.4 Å². The average molecular weight is 525 g/mol. The molecule has 0 aliphatic carbocycles. The second-order valence-corrected chi connectivity index (χ2v) is 9.06. The number of benzene rings is 2. The first-order valence-corrected chi connectivity index (χ1v) is 12.4. The van der Waals surface area contributed by atoms with Gasteiger partial charge in [0, 0.05) is 19.6 Å². The maximum Gasteiger partial charge on any atom is 0.293 e. The van der Waals surface area contributed by atoms with Gasteiger partial charge < -0.3 is 20.1 Å². The first kappa shape index (κ1) is 27.2. The predicted molar refractivity (Wildman–Crippen MR) is 140 cm³/mol. The smallest absolute Gasteiger partial charge is 0.293 e. The number of nitrogens with zero attached hydrogens (tertiary/aromatic N) is 2. The zero-order valence-electron chi connectivity index (χ0n) is 20.8. The van der Waals surface area contributed by atoms with Crippen molar-refractivity contribution in [2.75, 3.05) is 32.8 Å². The molecule has 4 rings (SSSR count). The fraction of sp³-hybridized carbons (Fsp3) is 0.321. The summed E-state index contributed by atoms with van der Waals surface area (Å²) in [4.78, 5) is 33.0. The van der Waals surface area contributed by atoms with Gasteiger partial charge in [-0.15, -0.1) is 0 Å². The minimum absolute atomic E-state index is 0.0632. The normalized spacial score (nSPS) is 15.1. The summed E-state index contributed by atoms with van der Waals surface area (Å²) < 4.78 is 30.7. The van der Waals surface area contributed by atoms with Crippen LogP contribution in [0.15, 0.2) is 59.7 Å². The molecule has 1 aliphatic rings. The van der Waals surface area contributed by atoms with Crippen LogP contribution in [0, 0.1) is 0 Å². The molecule has 2 aromatic carbocycles. The van der Waals surface area contributed by atoms with Crippen LogP contribution in [-0.2, 0) is 22.5 Å². The first-order chi connectivity index (χ1) is 18.4. The number of carbonyl (C=O) groups is 1. The molecule has 1 aliphatic heterocycles. The second-order valence-electron chi connectivity index (χ2n) is 9.06. The zero-order valence-corrected chi connectivity index (χ0v) is 20.8. The Kier molecular flexibility index (Phi) is 9.34. The molecule has 1 atom stereocenters. The van der Waals surface area contributed by atoms with E-state index in [1.165, 1.54) is 5.56 Å². The molecule has 10 heteroatoms. The van der Waals surface area contributed by atoms with Gasteiger partial charge in [-0.25, -0.2) is 13.8 Å². The van der Waals surface area contributed by atoms with Gasteiger partial charge in [-0.05, 0) is 28.7 Å². The molecule has 0 spiro atoms. The van der Waals surface area contributed by atoms with Gasteiger partial charge in [-0.3, -0.25) is 14.5 Å². The quantitative estimate of drug-likeness (QED) is 0.352. The topological polar surface area (TPSA) is 108 Å². The molecule has 1 fully saturated rings. The van der Waals surface area contributed by atoms with E-state index >= 15 is 0 Å². The number of ether oxygens (including phenoxy) is 1. The minimum Gasteiger partial charge on any atom is -0.502 e. The van der Waals surface area contributed by atoms with Crippen molar-refractivity contribution >= 4 is 18.1 Å². The molecule has 1 amide bonds. The standard InChI is InChI=1S/C28H30F2N4O4/c29-24(30)16-31-27(36)23(25-26(35)28(37)33-18-32-25)15-21-7-3-19(4-8-21)1-2-20-5-9-22(10-6-20)17-34-11-13-38-14-12-34/h1-10,18,23-24,35H,11-17H2,(H,31,36)(H,32,33,37)/b2-1+. The highest BCUT2D eigenvalue weighted by Crippen LogP contribution is 2.25. The fourth-order valence-electron chi connectivity index (χ4n) is 4.22. The highest BCUT2D eigenvalue weighted by molar-refractivity contribution is 5.84. The number of nitrogens with one attached hydrogen (secondary N) is 2. The number of halogens is 2. The summed E-state index contributed by atoms with van der Waals surface area (Å²) in [7, 11) is 0. The number of morpholine rings is 1. The first-order valence-electron chi connectivity index (χ1n) is 12.4. The van der Waals surface area contributed by atoms with Crippen LogP contribution in [0.5, 0.6) is 5.75 Å². The van der Waals surface area contributed by atoms with E-state index in [1.54, 1.807) is 0 Å². The summed E-state index contributed by atoms with van der Waals surface area (Å²) >= 11 is 0. The molecule has 8 nitrogen and oxygen atoms in total. The molecule has 2 heterocycles. The number of rotatable bonds is 10. The molecule has 38 heavy (non-hydrogen) atoms. The van der Waals surface area contributed by atoms with Gasteiger partial charge in [0.1, 0.15) is 5.69 Å². The number of hydrogen-bond donors (Lipinski definition) is 3. The van der Waals surface area contributed by atoms with Gasteiger partial charge in [0.05, 0.1) is 32.0 Å². The summed E-state index contributed by atoms with van der Waals surface area (Å²) in [5.74, 6) is -2.58. The molecule has 1 unspecified atom stereocenters. The Hall–Kier alpha value is -3.89. The average Bonchev–Trinajstić information content (AvgIpc) is 2.93. The van der Waals surface area contributed by atoms with E-state index in [4.69, 9.17) is 4.74 Å². The number of aromatic hydroxyl groups is 1. The number of aromatic nitrogens is 2. The monoisotopic (exact) mass is 524 g/mol. The van der Waals surface area contributed by atoms with Crippen LogP contribution in [0.3, 0.4) is 0 Å². The van der Waals surface area contributed by atoms with E-state index in [0.29, 0.717) is 5.56 Å². The number of alkyl halides is 2. The summed E-state index contributed by atoms with van der Waals surface area (Å²) in [6.07, 6.45) is 2.37. The van der Waals surface area contributed by atoms with Crippen LogP contribution in [-0.4, -0.2) is 65.2 Å². The maximum absolute atomic E-state index is 12.7. The van der Waals surface area contributed by atoms with Crippen LogP contribution in [0.4, 0.5) is 8.78 Å². The van der Waals surface area contributed by atoms with E-state index in [1.807, 2.05) is 36.4 Å². The number of aromatic amines is 1. The maximum atomic E-state index is 12.7. The Morgan fingerprint density at radius 3 is 2.26 bits per heavy atom. The number of carbonyl (C=O) groups excluding carboxylic acids is 1. The lowest BCUT2D eigenvalue weighted by Gasteiger charge is -2.26. The molecule has 1 saturated heterocycles. The van der Waals surface area contributed by atoms with Crippen molar-refractivity contribution in [3.05, 3.63) is 93.2 Å². The van der Waals surface area contributed by atoms with Crippen LogP contribution in [0.25, 0.3) is 12.2 Å². The molecule has 200 valence electrons. The Morgan fingerprint density at radius 2 is 1.66 bits per heavy atom. The van der Waals surface area contributed by atoms with Crippen molar-refractivity contribution in [1.29, 1.82) is 0 Å². The van der Waals surface area contributed by atoms with Crippen LogP contribution >= 0.6 is 0 Å². The van der Waals surface area contributed by atoms with Crippen molar-refractivity contribution in [3.8, 4) is 5.75 Å². The van der Waals surface area contributed by atoms with Crippen molar-refractivity contribution in [2.45, 2.75) is 25.3 Å². The lowest BCUT2D eigenvalue weighted by Crippen LogP contribution is -2.35. The summed E-state index contributed by atoms with van der Waals surface area (Å²) in [5, 5.41) is 12.3. The highest BCUT2D eigenvalue weighted by atomic mass is 19.3. The summed E-state index contributed by atoms with van der Waals surface area (Å²) in [6, 6.07) is 15.8. The van der Waals surface area contributed by atoms with E-state index in [0.717, 1.165) is 50.3 Å². The van der Waals surface area contributed by atoms with E-state index in [2.05, 4.69) is 44.5 Å². The minimum atomic E-state index is -2.73. The van der Waals surface area contributed by atoms with Crippen molar-refractivity contribution in [3.63, 3.8) is 0 Å². The largest absolute Gasteiger partial charge is 0.502 e. The number of hydrogen-bond acceptors (Lipinski definition) is 6. The van der Waals surface area contributed by atoms with E-state index in [-0.39, 0.29) is 12.1 Å². The van der Waals surface area contributed by atoms with Gasteiger partial charge in [0.2, 0.25) is 11.7 Å². The lowest BCUT2D eigenvalue weighted by molar-refractivity contribution is -0.123. The molecule has 0 bridgehead atoms. The molecule has 1 aromatic heterocycles. The molecular weight excluding hydrogens is 494 g/mol. The fourth-order valence-corrected chi connectivity index (χ4v) is 4.22. The Morgan fingerprint density at radius 1 is 1.05 bits per heavy atom. The van der Waals surface area contributed by atoms with Crippen molar-refractivity contribution in [1.82, 2.24) is 20.2 Å². The Labute approximate surface area is 219 Å². The third-order valence-electron chi connectivity index (χ3n) is 6.31. The number of amides is 1. The molecule has 3 N–H and O–H groups in total. The van der Waals surface area contributed by atoms with Gasteiger partial charge in [-0.1, -0.05) is 60.7 Å². The van der Waals surface area contributed by atoms with Gasteiger partial charge in [0.15, 0.2) is 0 Å². The Balaban J connectivity index is 1.41. The van der Waals surface area contributed by atoms with Gasteiger partial charge in [0.25, 0.3) is 12.0 Å². The van der Waals surface area contributed by atoms with Gasteiger partial charge in [-0.2, -0.15) is 0 Å². The van der Waals surface area contributed by atoms with Crippen LogP contribution in [0.2, 0.25) is 0 Å². The Bertz CT molecular complexity index is 1290. The third-order valence-corrected chi connectivity index (χ3v) is 6.31. The molecular formula is C28H30F2N4O4.